The molecule has 0 bridgehead atoms. The van der Waals surface area contributed by atoms with Gasteiger partial charge in [-0.25, -0.2) is 29.7 Å². The summed E-state index contributed by atoms with van der Waals surface area (Å²) in [6.45, 7) is 0.668. The van der Waals surface area contributed by atoms with Crippen LogP contribution in [0.4, 0.5) is 5.82 Å². The first kappa shape index (κ1) is 18.2. The maximum Gasteiger partial charge on any atom is 0.337 e. The highest BCUT2D eigenvalue weighted by Crippen LogP contribution is 2.20. The van der Waals surface area contributed by atoms with Gasteiger partial charge in [-0.15, -0.1) is 0 Å². The molecule has 0 fully saturated rings. The van der Waals surface area contributed by atoms with Gasteiger partial charge in [0.15, 0.2) is 11.5 Å². The average Bonchev–Trinajstić information content (AvgIpc) is 2.75. The number of carboxylic acid groups (broad SMARTS) is 1. The van der Waals surface area contributed by atoms with Crippen LogP contribution in [0.3, 0.4) is 0 Å². The van der Waals surface area contributed by atoms with Crippen molar-refractivity contribution < 1.29 is 14.6 Å². The first-order valence-electron chi connectivity index (χ1n) is 8.81. The van der Waals surface area contributed by atoms with Gasteiger partial charge in [0.25, 0.3) is 0 Å². The van der Waals surface area contributed by atoms with Crippen molar-refractivity contribution in [3.63, 3.8) is 0 Å². The lowest BCUT2D eigenvalue weighted by Crippen LogP contribution is -2.08. The Bertz CT molecular complexity index is 1130. The fourth-order valence-electron chi connectivity index (χ4n) is 2.66. The van der Waals surface area contributed by atoms with Crippen LogP contribution in [0, 0.1) is 0 Å². The van der Waals surface area contributed by atoms with Gasteiger partial charge in [-0.1, -0.05) is 12.1 Å². The molecule has 3 heterocycles. The normalized spacial score (nSPS) is 10.6. The number of ether oxygens (including phenoxy) is 1. The van der Waals surface area contributed by atoms with Crippen LogP contribution in [0.2, 0.25) is 0 Å². The highest BCUT2D eigenvalue weighted by molar-refractivity contribution is 5.87. The van der Waals surface area contributed by atoms with E-state index in [1.54, 1.807) is 12.4 Å². The van der Waals surface area contributed by atoms with Gasteiger partial charge in [-0.05, 0) is 30.2 Å². The molecule has 1 aromatic carbocycles. The Kier molecular flexibility index (Phi) is 5.19. The Balaban J connectivity index is 1.34. The van der Waals surface area contributed by atoms with E-state index in [0.29, 0.717) is 35.2 Å². The number of benzene rings is 1. The van der Waals surface area contributed by atoms with Crippen molar-refractivity contribution in [2.75, 3.05) is 11.9 Å². The van der Waals surface area contributed by atoms with Gasteiger partial charge in [-0.2, -0.15) is 0 Å². The number of nitrogens with one attached hydrogen (secondary N) is 1. The number of aromatic nitrogens is 5. The summed E-state index contributed by atoms with van der Waals surface area (Å²) in [7, 11) is 0. The molecule has 0 saturated carbocycles. The van der Waals surface area contributed by atoms with Crippen molar-refractivity contribution in [1.29, 1.82) is 0 Å². The molecule has 0 atom stereocenters. The fraction of sp³-hybridized carbons (Fsp3) is 0.100. The molecule has 4 rings (SSSR count). The van der Waals surface area contributed by atoms with Crippen LogP contribution in [0.1, 0.15) is 15.9 Å². The number of fused-ring (bicyclic) bond motifs is 1. The van der Waals surface area contributed by atoms with Gasteiger partial charge < -0.3 is 15.2 Å². The molecule has 0 radical (unpaired) electrons. The van der Waals surface area contributed by atoms with Gasteiger partial charge in [0, 0.05) is 31.2 Å². The minimum atomic E-state index is -1.02. The first-order chi connectivity index (χ1) is 14.2. The summed E-state index contributed by atoms with van der Waals surface area (Å²) in [6.07, 6.45) is 6.71. The zero-order chi connectivity index (χ0) is 20.1. The zero-order valence-corrected chi connectivity index (χ0v) is 15.2. The van der Waals surface area contributed by atoms with E-state index in [-0.39, 0.29) is 5.56 Å². The maximum absolute atomic E-state index is 10.8. The molecule has 0 spiro atoms. The molecule has 144 valence electrons. The van der Waals surface area contributed by atoms with Crippen LogP contribution in [-0.2, 0) is 6.42 Å². The second-order valence-electron chi connectivity index (χ2n) is 6.06. The van der Waals surface area contributed by atoms with Gasteiger partial charge in [-0.3, -0.25) is 0 Å². The number of carboxylic acids is 1. The Morgan fingerprint density at radius 1 is 0.966 bits per heavy atom. The number of pyridine rings is 1. The molecule has 3 aromatic heterocycles. The Morgan fingerprint density at radius 2 is 1.79 bits per heavy atom. The number of hydrogen-bond donors (Lipinski definition) is 2. The second-order valence-corrected chi connectivity index (χ2v) is 6.06. The molecule has 0 aliphatic heterocycles. The van der Waals surface area contributed by atoms with E-state index >= 15 is 0 Å². The van der Waals surface area contributed by atoms with E-state index in [1.807, 2.05) is 24.3 Å². The number of carbonyl (C=O) groups is 1. The molecule has 4 aromatic rings. The summed E-state index contributed by atoms with van der Waals surface area (Å²) in [4.78, 5) is 31.6. The predicted octanol–water partition coefficient (Wildman–Crippen LogP) is 2.96. The third kappa shape index (κ3) is 4.41. The molecule has 0 unspecified atom stereocenters. The van der Waals surface area contributed by atoms with Crippen molar-refractivity contribution in [2.45, 2.75) is 6.42 Å². The average molecular weight is 388 g/mol. The quantitative estimate of drug-likeness (QED) is 0.492. The number of rotatable bonds is 7. The third-order valence-corrected chi connectivity index (χ3v) is 4.11. The molecule has 29 heavy (non-hydrogen) atoms. The molecular formula is C20H16N6O3. The van der Waals surface area contributed by atoms with Crippen LogP contribution in [-0.4, -0.2) is 42.5 Å². The van der Waals surface area contributed by atoms with Crippen LogP contribution >= 0.6 is 0 Å². The number of nitrogens with zero attached hydrogens (tertiary/aromatic N) is 5. The molecular weight excluding hydrogens is 372 g/mol. The van der Waals surface area contributed by atoms with Crippen LogP contribution in [0.5, 0.6) is 11.6 Å². The minimum Gasteiger partial charge on any atom is -0.478 e. The Hall–Kier alpha value is -4.14. The molecule has 0 amide bonds. The van der Waals surface area contributed by atoms with Crippen molar-refractivity contribution >= 4 is 23.0 Å². The number of hydrogen-bond acceptors (Lipinski definition) is 8. The molecule has 0 aliphatic rings. The number of aromatic carboxylic acids is 1. The monoisotopic (exact) mass is 388 g/mol. The topological polar surface area (TPSA) is 123 Å². The molecule has 9 nitrogen and oxygen atoms in total. The van der Waals surface area contributed by atoms with Crippen LogP contribution in [0.15, 0.2) is 61.3 Å². The van der Waals surface area contributed by atoms with Crippen molar-refractivity contribution in [3.05, 3.63) is 72.4 Å². The summed E-state index contributed by atoms with van der Waals surface area (Å²) in [5.41, 5.74) is 2.42. The van der Waals surface area contributed by atoms with E-state index in [4.69, 9.17) is 9.84 Å². The molecule has 2 N–H and O–H groups in total. The van der Waals surface area contributed by atoms with Crippen molar-refractivity contribution in [2.24, 2.45) is 0 Å². The van der Waals surface area contributed by atoms with E-state index in [9.17, 15) is 4.79 Å². The van der Waals surface area contributed by atoms with E-state index in [0.717, 1.165) is 12.0 Å². The summed E-state index contributed by atoms with van der Waals surface area (Å²) in [5.74, 6) is 0.582. The third-order valence-electron chi connectivity index (χ3n) is 4.11. The zero-order valence-electron chi connectivity index (χ0n) is 15.2. The summed E-state index contributed by atoms with van der Waals surface area (Å²) >= 11 is 0. The highest BCUT2D eigenvalue weighted by Gasteiger charge is 2.06. The summed E-state index contributed by atoms with van der Waals surface area (Å²) < 4.78 is 5.64. The van der Waals surface area contributed by atoms with Gasteiger partial charge >= 0.3 is 5.97 Å². The molecule has 0 aliphatic carbocycles. The van der Waals surface area contributed by atoms with Crippen molar-refractivity contribution in [1.82, 2.24) is 24.9 Å². The van der Waals surface area contributed by atoms with Gasteiger partial charge in [0.1, 0.15) is 17.6 Å². The smallest absolute Gasteiger partial charge is 0.337 e. The Morgan fingerprint density at radius 3 is 2.55 bits per heavy atom. The lowest BCUT2D eigenvalue weighted by Gasteiger charge is -2.08. The number of anilines is 1. The van der Waals surface area contributed by atoms with Gasteiger partial charge in [0.2, 0.25) is 5.88 Å². The van der Waals surface area contributed by atoms with Crippen LogP contribution < -0.4 is 10.1 Å². The van der Waals surface area contributed by atoms with E-state index in [2.05, 4.69) is 30.2 Å². The van der Waals surface area contributed by atoms with Crippen molar-refractivity contribution in [3.8, 4) is 11.6 Å². The summed E-state index contributed by atoms with van der Waals surface area (Å²) in [5, 5.41) is 12.2. The predicted molar refractivity (Wildman–Crippen MR) is 105 cm³/mol. The largest absolute Gasteiger partial charge is 0.478 e. The SMILES string of the molecule is O=C(O)c1ccc(Oc2ccc(CCNc3ncnc4nccnc34)cc2)nc1. The lowest BCUT2D eigenvalue weighted by atomic mass is 10.1. The first-order valence-corrected chi connectivity index (χ1v) is 8.81. The maximum atomic E-state index is 10.8. The summed E-state index contributed by atoms with van der Waals surface area (Å²) in [6, 6.07) is 10.6. The highest BCUT2D eigenvalue weighted by atomic mass is 16.5. The molecule has 9 heteroatoms. The molecule has 0 saturated heterocycles. The lowest BCUT2D eigenvalue weighted by molar-refractivity contribution is 0.0696. The minimum absolute atomic E-state index is 0.114. The second kappa shape index (κ2) is 8.26. The van der Waals surface area contributed by atoms with E-state index < -0.39 is 5.97 Å². The van der Waals surface area contributed by atoms with E-state index in [1.165, 1.54) is 24.7 Å². The van der Waals surface area contributed by atoms with Crippen LogP contribution in [0.25, 0.3) is 11.2 Å². The standard InChI is InChI=1S/C20H16N6O3/c27-20(28)14-3-6-16(24-11-14)29-15-4-1-13(2-5-15)7-8-22-18-17-19(26-12-25-18)23-10-9-21-17/h1-6,9-12H,7-8H2,(H,27,28)(H,22,23,25,26). The fourth-order valence-corrected chi connectivity index (χ4v) is 2.66. The van der Waals surface area contributed by atoms with Gasteiger partial charge in [0.05, 0.1) is 5.56 Å². The Labute approximate surface area is 165 Å².